The van der Waals surface area contributed by atoms with E-state index in [9.17, 15) is 4.79 Å². The van der Waals surface area contributed by atoms with Crippen molar-refractivity contribution in [3.8, 4) is 0 Å². The Morgan fingerprint density at radius 3 is 2.48 bits per heavy atom. The standard InChI is InChI=1S/C18H26N4O2S/c1-12(2)14-10-13-15(19-11-20-16(13)25-14)21-6-8-22(9-7-21)17(23)24-18(3,4)5/h10-12H,6-9H2,1-5H3. The molecular formula is C18H26N4O2S. The first-order valence-corrected chi connectivity index (χ1v) is 9.53. The van der Waals surface area contributed by atoms with Crippen LogP contribution in [-0.2, 0) is 4.74 Å². The van der Waals surface area contributed by atoms with E-state index in [1.165, 1.54) is 4.88 Å². The lowest BCUT2D eigenvalue weighted by molar-refractivity contribution is 0.0240. The van der Waals surface area contributed by atoms with Crippen molar-refractivity contribution >= 4 is 33.5 Å². The average molecular weight is 362 g/mol. The van der Waals surface area contributed by atoms with Crippen LogP contribution in [0.3, 0.4) is 0 Å². The highest BCUT2D eigenvalue weighted by molar-refractivity contribution is 7.18. The highest BCUT2D eigenvalue weighted by atomic mass is 32.1. The lowest BCUT2D eigenvalue weighted by atomic mass is 10.1. The van der Waals surface area contributed by atoms with Crippen LogP contribution < -0.4 is 4.90 Å². The van der Waals surface area contributed by atoms with E-state index >= 15 is 0 Å². The number of fused-ring (bicyclic) bond motifs is 1. The molecule has 25 heavy (non-hydrogen) atoms. The zero-order chi connectivity index (χ0) is 18.2. The summed E-state index contributed by atoms with van der Waals surface area (Å²) in [6.07, 6.45) is 1.40. The molecule has 136 valence electrons. The largest absolute Gasteiger partial charge is 0.444 e. The fraction of sp³-hybridized carbons (Fsp3) is 0.611. The van der Waals surface area contributed by atoms with E-state index in [1.807, 2.05) is 20.8 Å². The maximum atomic E-state index is 12.2. The number of ether oxygens (including phenoxy) is 1. The number of thiophene rings is 1. The maximum absolute atomic E-state index is 12.2. The van der Waals surface area contributed by atoms with Crippen LogP contribution in [0.25, 0.3) is 10.2 Å². The summed E-state index contributed by atoms with van der Waals surface area (Å²) in [5.74, 6) is 1.45. The van der Waals surface area contributed by atoms with E-state index < -0.39 is 5.60 Å². The van der Waals surface area contributed by atoms with E-state index in [2.05, 4.69) is 34.8 Å². The second-order valence-corrected chi connectivity index (χ2v) is 8.74. The van der Waals surface area contributed by atoms with Crippen molar-refractivity contribution in [3.05, 3.63) is 17.3 Å². The van der Waals surface area contributed by atoms with Crippen molar-refractivity contribution in [2.24, 2.45) is 0 Å². The number of rotatable bonds is 2. The predicted octanol–water partition coefficient (Wildman–Crippen LogP) is 3.87. The summed E-state index contributed by atoms with van der Waals surface area (Å²) >= 11 is 1.73. The quantitative estimate of drug-likeness (QED) is 0.812. The van der Waals surface area contributed by atoms with Crippen molar-refractivity contribution in [3.63, 3.8) is 0 Å². The Balaban J connectivity index is 1.73. The summed E-state index contributed by atoms with van der Waals surface area (Å²) in [5, 5.41) is 1.11. The number of carbonyl (C=O) groups is 1. The van der Waals surface area contributed by atoms with Crippen LogP contribution in [0, 0.1) is 0 Å². The molecule has 0 radical (unpaired) electrons. The third kappa shape index (κ3) is 4.03. The van der Waals surface area contributed by atoms with Gasteiger partial charge in [0.05, 0.1) is 5.39 Å². The van der Waals surface area contributed by atoms with Crippen molar-refractivity contribution in [1.82, 2.24) is 14.9 Å². The molecule has 6 nitrogen and oxygen atoms in total. The number of anilines is 1. The van der Waals surface area contributed by atoms with Gasteiger partial charge in [-0.3, -0.25) is 0 Å². The zero-order valence-corrected chi connectivity index (χ0v) is 16.4. The number of nitrogens with zero attached hydrogens (tertiary/aromatic N) is 4. The lowest BCUT2D eigenvalue weighted by Gasteiger charge is -2.36. The molecule has 1 aliphatic rings. The second kappa shape index (κ2) is 6.78. The fourth-order valence-electron chi connectivity index (χ4n) is 2.83. The van der Waals surface area contributed by atoms with Crippen molar-refractivity contribution in [2.45, 2.75) is 46.1 Å². The predicted molar refractivity (Wildman–Crippen MR) is 102 cm³/mol. The molecule has 2 aromatic rings. The van der Waals surface area contributed by atoms with Crippen LogP contribution in [-0.4, -0.2) is 52.7 Å². The Hall–Kier alpha value is -1.89. The molecule has 1 aliphatic heterocycles. The number of piperazine rings is 1. The van der Waals surface area contributed by atoms with Crippen LogP contribution in [0.15, 0.2) is 12.4 Å². The van der Waals surface area contributed by atoms with Gasteiger partial charge in [-0.15, -0.1) is 11.3 Å². The average Bonchev–Trinajstić information content (AvgIpc) is 2.98. The Morgan fingerprint density at radius 1 is 1.20 bits per heavy atom. The Morgan fingerprint density at radius 2 is 1.88 bits per heavy atom. The van der Waals surface area contributed by atoms with Gasteiger partial charge in [-0.2, -0.15) is 0 Å². The first-order chi connectivity index (χ1) is 11.7. The first-order valence-electron chi connectivity index (χ1n) is 8.72. The van der Waals surface area contributed by atoms with E-state index in [-0.39, 0.29) is 6.09 Å². The topological polar surface area (TPSA) is 58.6 Å². The summed E-state index contributed by atoms with van der Waals surface area (Å²) < 4.78 is 5.46. The van der Waals surface area contributed by atoms with Gasteiger partial charge in [0.15, 0.2) is 0 Å². The molecule has 0 spiro atoms. The summed E-state index contributed by atoms with van der Waals surface area (Å²) in [6.45, 7) is 12.8. The minimum atomic E-state index is -0.461. The molecule has 0 bridgehead atoms. The molecule has 3 rings (SSSR count). The molecule has 0 saturated carbocycles. The van der Waals surface area contributed by atoms with Crippen LogP contribution >= 0.6 is 11.3 Å². The molecule has 0 atom stereocenters. The van der Waals surface area contributed by atoms with Gasteiger partial charge in [-0.1, -0.05) is 13.8 Å². The SMILES string of the molecule is CC(C)c1cc2c(N3CCN(C(=O)OC(C)(C)C)CC3)ncnc2s1. The highest BCUT2D eigenvalue weighted by Gasteiger charge is 2.27. The second-order valence-electron chi connectivity index (χ2n) is 7.67. The molecule has 2 aromatic heterocycles. The summed E-state index contributed by atoms with van der Waals surface area (Å²) in [4.78, 5) is 27.5. The number of hydrogen-bond acceptors (Lipinski definition) is 6. The molecular weight excluding hydrogens is 336 g/mol. The fourth-order valence-corrected chi connectivity index (χ4v) is 3.82. The van der Waals surface area contributed by atoms with Gasteiger partial charge in [0, 0.05) is 31.1 Å². The van der Waals surface area contributed by atoms with Gasteiger partial charge in [0.1, 0.15) is 22.6 Å². The van der Waals surface area contributed by atoms with Crippen LogP contribution in [0.2, 0.25) is 0 Å². The van der Waals surface area contributed by atoms with E-state index in [0.29, 0.717) is 19.0 Å². The summed E-state index contributed by atoms with van der Waals surface area (Å²) in [7, 11) is 0. The molecule has 0 aromatic carbocycles. The van der Waals surface area contributed by atoms with E-state index in [0.717, 1.165) is 29.1 Å². The van der Waals surface area contributed by atoms with Gasteiger partial charge in [-0.05, 0) is 32.8 Å². The molecule has 1 amide bonds. The molecule has 1 saturated heterocycles. The molecule has 3 heterocycles. The minimum Gasteiger partial charge on any atom is -0.444 e. The number of amides is 1. The van der Waals surface area contributed by atoms with Crippen molar-refractivity contribution in [2.75, 3.05) is 31.1 Å². The van der Waals surface area contributed by atoms with E-state index in [4.69, 9.17) is 4.74 Å². The third-order valence-electron chi connectivity index (χ3n) is 4.13. The van der Waals surface area contributed by atoms with Gasteiger partial charge >= 0.3 is 6.09 Å². The number of aromatic nitrogens is 2. The van der Waals surface area contributed by atoms with Crippen LogP contribution in [0.4, 0.5) is 10.6 Å². The normalized spacial score (nSPS) is 15.9. The third-order valence-corrected chi connectivity index (χ3v) is 5.47. The first kappa shape index (κ1) is 17.9. The van der Waals surface area contributed by atoms with Crippen LogP contribution in [0.1, 0.15) is 45.4 Å². The molecule has 1 fully saturated rings. The van der Waals surface area contributed by atoms with Gasteiger partial charge in [0.2, 0.25) is 0 Å². The number of carbonyl (C=O) groups excluding carboxylic acids is 1. The molecule has 0 N–H and O–H groups in total. The Kier molecular flexibility index (Phi) is 4.86. The zero-order valence-electron chi connectivity index (χ0n) is 15.6. The summed E-state index contributed by atoms with van der Waals surface area (Å²) in [5.41, 5.74) is -0.461. The Labute approximate surface area is 152 Å². The van der Waals surface area contributed by atoms with Crippen molar-refractivity contribution in [1.29, 1.82) is 0 Å². The lowest BCUT2D eigenvalue weighted by Crippen LogP contribution is -2.50. The Bertz CT molecular complexity index is 758. The van der Waals surface area contributed by atoms with Gasteiger partial charge in [0.25, 0.3) is 0 Å². The highest BCUT2D eigenvalue weighted by Crippen LogP contribution is 2.34. The monoisotopic (exact) mass is 362 g/mol. The van der Waals surface area contributed by atoms with Crippen LogP contribution in [0.5, 0.6) is 0 Å². The minimum absolute atomic E-state index is 0.238. The van der Waals surface area contributed by atoms with Gasteiger partial charge < -0.3 is 14.5 Å². The van der Waals surface area contributed by atoms with Crippen molar-refractivity contribution < 1.29 is 9.53 Å². The van der Waals surface area contributed by atoms with E-state index in [1.54, 1.807) is 22.6 Å². The summed E-state index contributed by atoms with van der Waals surface area (Å²) in [6, 6.07) is 2.21. The molecule has 7 heteroatoms. The maximum Gasteiger partial charge on any atom is 0.410 e. The molecule has 0 aliphatic carbocycles. The molecule has 0 unspecified atom stereocenters. The smallest absolute Gasteiger partial charge is 0.410 e. The number of hydrogen-bond donors (Lipinski definition) is 0. The van der Waals surface area contributed by atoms with Gasteiger partial charge in [-0.25, -0.2) is 14.8 Å².